The Balaban J connectivity index is 1.96. The summed E-state index contributed by atoms with van der Waals surface area (Å²) in [5.41, 5.74) is 2.38. The second kappa shape index (κ2) is 10.3. The van der Waals surface area contributed by atoms with E-state index in [2.05, 4.69) is 18.9 Å². The van der Waals surface area contributed by atoms with Crippen LogP contribution < -0.4 is 4.74 Å². The van der Waals surface area contributed by atoms with Gasteiger partial charge in [-0.15, -0.1) is 0 Å². The van der Waals surface area contributed by atoms with Crippen molar-refractivity contribution in [2.45, 2.75) is 19.8 Å². The normalized spacial score (nSPS) is 10.8. The van der Waals surface area contributed by atoms with Crippen molar-refractivity contribution in [3.8, 4) is 28.4 Å². The van der Waals surface area contributed by atoms with Gasteiger partial charge in [-0.25, -0.2) is 14.3 Å². The molecule has 1 heterocycles. The SMILES string of the molecule is COC(=O)c1c(-c2ccccc2Oc2ccccc2C(C)C)nn(-c2ccccc2)c1C(=O)OC. The van der Waals surface area contributed by atoms with Crippen LogP contribution in [0, 0.1) is 0 Å². The molecule has 1 aromatic heterocycles. The molecule has 7 nitrogen and oxygen atoms in total. The first kappa shape index (κ1) is 23.8. The smallest absolute Gasteiger partial charge is 0.357 e. The molecule has 0 atom stereocenters. The number of rotatable bonds is 7. The van der Waals surface area contributed by atoms with Gasteiger partial charge in [0.05, 0.1) is 19.9 Å². The molecule has 4 rings (SSSR count). The van der Waals surface area contributed by atoms with Crippen molar-refractivity contribution in [1.82, 2.24) is 9.78 Å². The van der Waals surface area contributed by atoms with Crippen LogP contribution in [0.4, 0.5) is 0 Å². The van der Waals surface area contributed by atoms with Gasteiger partial charge in [-0.2, -0.15) is 5.10 Å². The lowest BCUT2D eigenvalue weighted by Crippen LogP contribution is -2.15. The van der Waals surface area contributed by atoms with E-state index in [1.165, 1.54) is 18.9 Å². The van der Waals surface area contributed by atoms with Crippen LogP contribution in [0.25, 0.3) is 16.9 Å². The highest BCUT2D eigenvalue weighted by atomic mass is 16.5. The topological polar surface area (TPSA) is 79.7 Å². The number of carbonyl (C=O) groups is 2. The van der Waals surface area contributed by atoms with Crippen LogP contribution in [0.1, 0.15) is 46.2 Å². The summed E-state index contributed by atoms with van der Waals surface area (Å²) >= 11 is 0. The van der Waals surface area contributed by atoms with Crippen LogP contribution in [0.3, 0.4) is 0 Å². The van der Waals surface area contributed by atoms with E-state index in [4.69, 9.17) is 14.2 Å². The van der Waals surface area contributed by atoms with Crippen LogP contribution in [-0.4, -0.2) is 35.9 Å². The van der Waals surface area contributed by atoms with Crippen molar-refractivity contribution < 1.29 is 23.8 Å². The molecular weight excluding hydrogens is 444 g/mol. The average Bonchev–Trinajstić information content (AvgIpc) is 3.29. The van der Waals surface area contributed by atoms with Crippen LogP contribution in [0.2, 0.25) is 0 Å². The van der Waals surface area contributed by atoms with Crippen LogP contribution in [0.5, 0.6) is 11.5 Å². The molecule has 7 heteroatoms. The fraction of sp³-hybridized carbons (Fsp3) is 0.179. The van der Waals surface area contributed by atoms with Gasteiger partial charge in [0.2, 0.25) is 0 Å². The van der Waals surface area contributed by atoms with Crippen LogP contribution in [0.15, 0.2) is 78.9 Å². The van der Waals surface area contributed by atoms with Gasteiger partial charge in [0.15, 0.2) is 5.69 Å². The summed E-state index contributed by atoms with van der Waals surface area (Å²) in [5.74, 6) is 0.00820. The quantitative estimate of drug-likeness (QED) is 0.307. The maximum atomic E-state index is 13.0. The molecule has 0 saturated carbocycles. The first-order valence-electron chi connectivity index (χ1n) is 11.2. The Morgan fingerprint density at radius 2 is 1.37 bits per heavy atom. The molecule has 178 valence electrons. The fourth-order valence-corrected chi connectivity index (χ4v) is 3.86. The monoisotopic (exact) mass is 470 g/mol. The van der Waals surface area contributed by atoms with E-state index in [0.29, 0.717) is 22.7 Å². The molecule has 35 heavy (non-hydrogen) atoms. The molecule has 4 aromatic rings. The highest BCUT2D eigenvalue weighted by Gasteiger charge is 2.32. The summed E-state index contributed by atoms with van der Waals surface area (Å²) in [7, 11) is 2.51. The Bertz CT molecular complexity index is 1360. The van der Waals surface area contributed by atoms with Gasteiger partial charge in [-0.3, -0.25) is 0 Å². The number of para-hydroxylation sites is 3. The third-order valence-corrected chi connectivity index (χ3v) is 5.56. The molecular formula is C28H26N2O5. The lowest BCUT2D eigenvalue weighted by atomic mass is 10.0. The van der Waals surface area contributed by atoms with Crippen molar-refractivity contribution in [2.24, 2.45) is 0 Å². The summed E-state index contributed by atoms with van der Waals surface area (Å²) in [4.78, 5) is 25.8. The number of methoxy groups -OCH3 is 2. The predicted molar refractivity (Wildman–Crippen MR) is 132 cm³/mol. The average molecular weight is 471 g/mol. The molecule has 3 aromatic carbocycles. The van der Waals surface area contributed by atoms with Crippen molar-refractivity contribution in [1.29, 1.82) is 0 Å². The van der Waals surface area contributed by atoms with Gasteiger partial charge < -0.3 is 14.2 Å². The molecule has 0 bridgehead atoms. The maximum Gasteiger partial charge on any atom is 0.357 e. The second-order valence-electron chi connectivity index (χ2n) is 8.09. The van der Waals surface area contributed by atoms with E-state index in [9.17, 15) is 9.59 Å². The predicted octanol–water partition coefficient (Wildman–Crippen LogP) is 6.03. The summed E-state index contributed by atoms with van der Waals surface area (Å²) in [6.07, 6.45) is 0. The molecule has 0 spiro atoms. The number of benzene rings is 3. The van der Waals surface area contributed by atoms with E-state index in [0.717, 1.165) is 5.56 Å². The molecule has 0 saturated heterocycles. The Hall–Kier alpha value is -4.39. The van der Waals surface area contributed by atoms with Gasteiger partial charge >= 0.3 is 11.9 Å². The lowest BCUT2D eigenvalue weighted by molar-refractivity contribution is 0.0549. The molecule has 0 radical (unpaired) electrons. The molecule has 0 N–H and O–H groups in total. The van der Waals surface area contributed by atoms with E-state index in [-0.39, 0.29) is 22.9 Å². The van der Waals surface area contributed by atoms with Gasteiger partial charge in [-0.1, -0.05) is 62.4 Å². The minimum atomic E-state index is -0.712. The van der Waals surface area contributed by atoms with E-state index >= 15 is 0 Å². The van der Waals surface area contributed by atoms with Gasteiger partial charge in [0, 0.05) is 5.56 Å². The summed E-state index contributed by atoms with van der Waals surface area (Å²) in [5, 5.41) is 4.68. The van der Waals surface area contributed by atoms with Crippen molar-refractivity contribution >= 4 is 11.9 Å². The third kappa shape index (κ3) is 4.66. The first-order valence-corrected chi connectivity index (χ1v) is 11.2. The van der Waals surface area contributed by atoms with Gasteiger partial charge in [0.1, 0.15) is 22.8 Å². The van der Waals surface area contributed by atoms with Crippen LogP contribution >= 0.6 is 0 Å². The molecule has 0 aliphatic rings. The zero-order valence-electron chi connectivity index (χ0n) is 20.0. The van der Waals surface area contributed by atoms with Crippen molar-refractivity contribution in [3.05, 3.63) is 95.7 Å². The number of nitrogens with zero attached hydrogens (tertiary/aromatic N) is 2. The van der Waals surface area contributed by atoms with Gasteiger partial charge in [0.25, 0.3) is 0 Å². The molecule has 0 amide bonds. The Morgan fingerprint density at radius 1 is 0.771 bits per heavy atom. The van der Waals surface area contributed by atoms with Crippen molar-refractivity contribution in [2.75, 3.05) is 14.2 Å². The Kier molecular flexibility index (Phi) is 6.96. The highest BCUT2D eigenvalue weighted by molar-refractivity contribution is 6.07. The standard InChI is InChI=1S/C28H26N2O5/c1-18(2)20-14-8-10-16-22(20)35-23-17-11-9-15-21(23)25-24(27(31)33-3)26(28(32)34-4)30(29-25)19-12-6-5-7-13-19/h5-18H,1-4H3. The molecule has 0 fully saturated rings. The largest absolute Gasteiger partial charge is 0.465 e. The first-order chi connectivity index (χ1) is 17.0. The Morgan fingerprint density at radius 3 is 2.03 bits per heavy atom. The zero-order valence-corrected chi connectivity index (χ0v) is 20.0. The summed E-state index contributed by atoms with van der Waals surface area (Å²) < 4.78 is 17.8. The van der Waals surface area contributed by atoms with E-state index in [1.54, 1.807) is 24.3 Å². The molecule has 0 aliphatic heterocycles. The Labute approximate surface area is 203 Å². The number of hydrogen-bond acceptors (Lipinski definition) is 6. The third-order valence-electron chi connectivity index (χ3n) is 5.56. The van der Waals surface area contributed by atoms with Crippen LogP contribution in [-0.2, 0) is 9.47 Å². The summed E-state index contributed by atoms with van der Waals surface area (Å²) in [6.45, 7) is 4.18. The number of carbonyl (C=O) groups excluding carboxylic acids is 2. The maximum absolute atomic E-state index is 13.0. The number of hydrogen-bond donors (Lipinski definition) is 0. The minimum Gasteiger partial charge on any atom is -0.465 e. The lowest BCUT2D eigenvalue weighted by Gasteiger charge is -2.15. The van der Waals surface area contributed by atoms with Crippen molar-refractivity contribution in [3.63, 3.8) is 0 Å². The highest BCUT2D eigenvalue weighted by Crippen LogP contribution is 2.38. The minimum absolute atomic E-state index is 0.00334. The fourth-order valence-electron chi connectivity index (χ4n) is 3.86. The number of ether oxygens (including phenoxy) is 3. The number of aromatic nitrogens is 2. The number of esters is 2. The summed E-state index contributed by atoms with van der Waals surface area (Å²) in [6, 6.07) is 24.1. The molecule has 0 aliphatic carbocycles. The van der Waals surface area contributed by atoms with Gasteiger partial charge in [-0.05, 0) is 41.8 Å². The zero-order chi connectivity index (χ0) is 24.9. The molecule has 0 unspecified atom stereocenters. The van der Waals surface area contributed by atoms with E-state index < -0.39 is 11.9 Å². The second-order valence-corrected chi connectivity index (χ2v) is 8.09. The van der Waals surface area contributed by atoms with E-state index in [1.807, 2.05) is 54.6 Å².